The van der Waals surface area contributed by atoms with Crippen LogP contribution in [0.2, 0.25) is 0 Å². The summed E-state index contributed by atoms with van der Waals surface area (Å²) in [6.07, 6.45) is 1.00. The van der Waals surface area contributed by atoms with Crippen LogP contribution in [0.4, 0.5) is 4.39 Å². The molecule has 0 fully saturated rings. The van der Waals surface area contributed by atoms with Gasteiger partial charge in [0.25, 0.3) is 0 Å². The van der Waals surface area contributed by atoms with Gasteiger partial charge in [-0.2, -0.15) is 5.26 Å². The minimum absolute atomic E-state index is 0.0183. The fourth-order valence-corrected chi connectivity index (χ4v) is 2.67. The molecule has 3 rings (SSSR count). The first-order chi connectivity index (χ1) is 10.2. The topological polar surface area (TPSA) is 53.2 Å². The van der Waals surface area contributed by atoms with Crippen molar-refractivity contribution in [1.29, 1.82) is 5.26 Å². The second kappa shape index (κ2) is 5.55. The third kappa shape index (κ3) is 2.48. The summed E-state index contributed by atoms with van der Waals surface area (Å²) in [5.41, 5.74) is 2.25. The van der Waals surface area contributed by atoms with E-state index in [0.717, 1.165) is 17.5 Å². The molecule has 2 aromatic rings. The van der Waals surface area contributed by atoms with Crippen LogP contribution < -0.4 is 4.74 Å². The molecule has 0 saturated carbocycles. The van der Waals surface area contributed by atoms with Crippen molar-refractivity contribution in [2.45, 2.75) is 25.6 Å². The van der Waals surface area contributed by atoms with Gasteiger partial charge in [0, 0.05) is 11.1 Å². The van der Waals surface area contributed by atoms with E-state index in [1.165, 1.54) is 6.07 Å². The predicted molar refractivity (Wildman–Crippen MR) is 75.2 cm³/mol. The van der Waals surface area contributed by atoms with Crippen molar-refractivity contribution < 1.29 is 14.2 Å². The normalized spacial score (nSPS) is 16.3. The molecule has 3 nitrogen and oxygen atoms in total. The van der Waals surface area contributed by atoms with Crippen LogP contribution in [-0.4, -0.2) is 5.11 Å². The number of hydrogen-bond acceptors (Lipinski definition) is 3. The highest BCUT2D eigenvalue weighted by molar-refractivity contribution is 5.44. The minimum atomic E-state index is -0.535. The summed E-state index contributed by atoms with van der Waals surface area (Å²) in [4.78, 5) is 0. The average molecular weight is 283 g/mol. The maximum atomic E-state index is 14.0. The van der Waals surface area contributed by atoms with Gasteiger partial charge < -0.3 is 9.84 Å². The molecular formula is C17H14FNO2. The Morgan fingerprint density at radius 1 is 1.29 bits per heavy atom. The highest BCUT2D eigenvalue weighted by atomic mass is 19.1. The van der Waals surface area contributed by atoms with Crippen LogP contribution in [0.15, 0.2) is 36.4 Å². The molecule has 0 aromatic heterocycles. The summed E-state index contributed by atoms with van der Waals surface area (Å²) < 4.78 is 19.7. The number of benzene rings is 2. The molecule has 0 radical (unpaired) electrons. The summed E-state index contributed by atoms with van der Waals surface area (Å²) in [6.45, 7) is 0.0634. The maximum absolute atomic E-state index is 14.0. The second-order valence-electron chi connectivity index (χ2n) is 5.06. The SMILES string of the molecule is N#Cc1cccc(COc2cccc3c2CCC3O)c1F. The van der Waals surface area contributed by atoms with Gasteiger partial charge in [-0.3, -0.25) is 0 Å². The number of ether oxygens (including phenoxy) is 1. The van der Waals surface area contributed by atoms with Crippen LogP contribution in [-0.2, 0) is 13.0 Å². The molecule has 1 N–H and O–H groups in total. The highest BCUT2D eigenvalue weighted by Gasteiger charge is 2.23. The van der Waals surface area contributed by atoms with Crippen molar-refractivity contribution in [3.05, 3.63) is 64.5 Å². The lowest BCUT2D eigenvalue weighted by Crippen LogP contribution is -2.02. The molecule has 1 aliphatic rings. The standard InChI is InChI=1S/C17H14FNO2/c18-17-11(9-19)3-1-4-12(17)10-21-16-6-2-5-13-14(16)7-8-15(13)20/h1-6,15,20H,7-8,10H2. The van der Waals surface area contributed by atoms with E-state index in [1.54, 1.807) is 12.1 Å². The Hall–Kier alpha value is -2.38. The molecule has 0 spiro atoms. The molecular weight excluding hydrogens is 269 g/mol. The van der Waals surface area contributed by atoms with Crippen LogP contribution in [0.5, 0.6) is 5.75 Å². The molecule has 0 saturated heterocycles. The summed E-state index contributed by atoms with van der Waals surface area (Å²) in [5, 5.41) is 18.7. The van der Waals surface area contributed by atoms with Crippen LogP contribution in [0.3, 0.4) is 0 Å². The minimum Gasteiger partial charge on any atom is -0.489 e. The Labute approximate surface area is 122 Å². The van der Waals surface area contributed by atoms with Gasteiger partial charge in [-0.15, -0.1) is 0 Å². The first-order valence-corrected chi connectivity index (χ1v) is 6.81. The van der Waals surface area contributed by atoms with Gasteiger partial charge in [-0.05, 0) is 30.5 Å². The molecule has 1 atom stereocenters. The molecule has 0 aliphatic heterocycles. The van der Waals surface area contributed by atoms with E-state index in [0.29, 0.717) is 17.7 Å². The number of fused-ring (bicyclic) bond motifs is 1. The van der Waals surface area contributed by atoms with Gasteiger partial charge >= 0.3 is 0 Å². The molecule has 1 unspecified atom stereocenters. The number of halogens is 1. The van der Waals surface area contributed by atoms with E-state index in [4.69, 9.17) is 10.00 Å². The van der Waals surface area contributed by atoms with Crippen molar-refractivity contribution in [3.63, 3.8) is 0 Å². The summed E-state index contributed by atoms with van der Waals surface area (Å²) in [7, 11) is 0. The number of nitriles is 1. The molecule has 21 heavy (non-hydrogen) atoms. The number of nitrogens with zero attached hydrogens (tertiary/aromatic N) is 1. The summed E-state index contributed by atoms with van der Waals surface area (Å²) in [5.74, 6) is 0.137. The lowest BCUT2D eigenvalue weighted by atomic mass is 10.1. The van der Waals surface area contributed by atoms with Gasteiger partial charge in [-0.25, -0.2) is 4.39 Å². The fourth-order valence-electron chi connectivity index (χ4n) is 2.67. The van der Waals surface area contributed by atoms with Crippen molar-refractivity contribution in [1.82, 2.24) is 0 Å². The van der Waals surface area contributed by atoms with E-state index in [9.17, 15) is 9.50 Å². The molecule has 106 valence electrons. The van der Waals surface area contributed by atoms with Crippen molar-refractivity contribution in [3.8, 4) is 11.8 Å². The summed E-state index contributed by atoms with van der Waals surface area (Å²) >= 11 is 0. The number of aliphatic hydroxyl groups excluding tert-OH is 1. The van der Waals surface area contributed by atoms with Crippen LogP contribution >= 0.6 is 0 Å². The Balaban J connectivity index is 1.83. The molecule has 0 bridgehead atoms. The number of aliphatic hydroxyl groups is 1. The number of rotatable bonds is 3. The quantitative estimate of drug-likeness (QED) is 0.940. The van der Waals surface area contributed by atoms with Gasteiger partial charge in [-0.1, -0.05) is 24.3 Å². The van der Waals surface area contributed by atoms with Crippen molar-refractivity contribution in [2.75, 3.05) is 0 Å². The van der Waals surface area contributed by atoms with E-state index in [1.807, 2.05) is 24.3 Å². The van der Waals surface area contributed by atoms with E-state index in [-0.39, 0.29) is 12.2 Å². The Morgan fingerprint density at radius 2 is 2.10 bits per heavy atom. The molecule has 4 heteroatoms. The second-order valence-corrected chi connectivity index (χ2v) is 5.06. The van der Waals surface area contributed by atoms with Crippen molar-refractivity contribution >= 4 is 0 Å². The largest absolute Gasteiger partial charge is 0.489 e. The lowest BCUT2D eigenvalue weighted by Gasteiger charge is -2.12. The molecule has 0 heterocycles. The van der Waals surface area contributed by atoms with Gasteiger partial charge in [0.1, 0.15) is 24.2 Å². The first-order valence-electron chi connectivity index (χ1n) is 6.81. The van der Waals surface area contributed by atoms with Crippen LogP contribution in [0.1, 0.15) is 34.8 Å². The highest BCUT2D eigenvalue weighted by Crippen LogP contribution is 2.37. The smallest absolute Gasteiger partial charge is 0.147 e. The lowest BCUT2D eigenvalue weighted by molar-refractivity contribution is 0.180. The fraction of sp³-hybridized carbons (Fsp3) is 0.235. The third-order valence-electron chi connectivity index (χ3n) is 3.78. The third-order valence-corrected chi connectivity index (χ3v) is 3.78. The zero-order valence-corrected chi connectivity index (χ0v) is 11.3. The average Bonchev–Trinajstić information content (AvgIpc) is 2.88. The van der Waals surface area contributed by atoms with Gasteiger partial charge in [0.15, 0.2) is 0 Å². The Bertz CT molecular complexity index is 721. The molecule has 0 amide bonds. The van der Waals surface area contributed by atoms with Crippen molar-refractivity contribution in [2.24, 2.45) is 0 Å². The van der Waals surface area contributed by atoms with Gasteiger partial charge in [0.2, 0.25) is 0 Å². The van der Waals surface area contributed by atoms with Crippen LogP contribution in [0, 0.1) is 17.1 Å². The predicted octanol–water partition coefficient (Wildman–Crippen LogP) is 3.26. The first kappa shape index (κ1) is 13.6. The van der Waals surface area contributed by atoms with E-state index < -0.39 is 11.9 Å². The van der Waals surface area contributed by atoms with Gasteiger partial charge in [0.05, 0.1) is 11.7 Å². The molecule has 1 aliphatic carbocycles. The van der Waals surface area contributed by atoms with Crippen LogP contribution in [0.25, 0.3) is 0 Å². The van der Waals surface area contributed by atoms with E-state index >= 15 is 0 Å². The number of hydrogen-bond donors (Lipinski definition) is 1. The Morgan fingerprint density at radius 3 is 2.90 bits per heavy atom. The maximum Gasteiger partial charge on any atom is 0.147 e. The zero-order valence-electron chi connectivity index (χ0n) is 11.3. The zero-order chi connectivity index (χ0) is 14.8. The molecule has 2 aromatic carbocycles. The Kier molecular flexibility index (Phi) is 3.59. The van der Waals surface area contributed by atoms with E-state index in [2.05, 4.69) is 0 Å². The monoisotopic (exact) mass is 283 g/mol. The summed E-state index contributed by atoms with van der Waals surface area (Å²) in [6, 6.07) is 12.0.